The molecular weight excluding hydrogens is 372 g/mol. The van der Waals surface area contributed by atoms with Crippen LogP contribution in [0.15, 0.2) is 48.5 Å². The monoisotopic (exact) mass is 400 g/mol. The zero-order chi connectivity index (χ0) is 20.9. The fraction of sp³-hybridized carbons (Fsp3) is 0.364. The van der Waals surface area contributed by atoms with Crippen LogP contribution in [0.4, 0.5) is 5.69 Å². The molecule has 2 aromatic carbocycles. The van der Waals surface area contributed by atoms with Crippen LogP contribution in [0.25, 0.3) is 0 Å². The Labute approximate surface area is 171 Å². The number of nitrogens with one attached hydrogen (secondary N) is 2. The molecule has 0 aliphatic carbocycles. The van der Waals surface area contributed by atoms with Crippen LogP contribution in [0.2, 0.25) is 0 Å². The zero-order valence-corrected chi connectivity index (χ0v) is 16.9. The summed E-state index contributed by atoms with van der Waals surface area (Å²) in [6, 6.07) is 13.7. The Bertz CT molecular complexity index is 777. The van der Waals surface area contributed by atoms with Crippen molar-refractivity contribution in [1.82, 2.24) is 5.32 Å². The quantitative estimate of drug-likeness (QED) is 0.535. The van der Waals surface area contributed by atoms with Crippen molar-refractivity contribution < 1.29 is 23.8 Å². The molecule has 29 heavy (non-hydrogen) atoms. The lowest BCUT2D eigenvalue weighted by molar-refractivity contribution is 0.0947. The Kier molecular flexibility index (Phi) is 9.68. The summed E-state index contributed by atoms with van der Waals surface area (Å²) in [7, 11) is 1.62. The van der Waals surface area contributed by atoms with Gasteiger partial charge in [0.2, 0.25) is 0 Å². The third-order valence-electron chi connectivity index (χ3n) is 4.01. The van der Waals surface area contributed by atoms with Crippen molar-refractivity contribution in [2.24, 2.45) is 0 Å². The Balaban J connectivity index is 1.89. The summed E-state index contributed by atoms with van der Waals surface area (Å²) in [5, 5.41) is 5.63. The van der Waals surface area contributed by atoms with Gasteiger partial charge in [-0.1, -0.05) is 6.07 Å². The fourth-order valence-corrected chi connectivity index (χ4v) is 2.53. The molecule has 0 spiro atoms. The van der Waals surface area contributed by atoms with Crippen molar-refractivity contribution >= 4 is 17.5 Å². The van der Waals surface area contributed by atoms with Crippen molar-refractivity contribution in [2.45, 2.75) is 13.3 Å². The van der Waals surface area contributed by atoms with Crippen LogP contribution in [0, 0.1) is 0 Å². The largest absolute Gasteiger partial charge is 0.491 e. The van der Waals surface area contributed by atoms with E-state index in [2.05, 4.69) is 10.6 Å². The van der Waals surface area contributed by atoms with Crippen LogP contribution in [0.5, 0.6) is 5.75 Å². The molecule has 0 atom stereocenters. The number of rotatable bonds is 12. The molecular formula is C22H28N2O5. The molecule has 0 radical (unpaired) electrons. The molecule has 0 aliphatic rings. The number of hydrogen-bond acceptors (Lipinski definition) is 5. The zero-order valence-electron chi connectivity index (χ0n) is 16.9. The van der Waals surface area contributed by atoms with Crippen LogP contribution in [0.3, 0.4) is 0 Å². The van der Waals surface area contributed by atoms with E-state index in [1.165, 1.54) is 0 Å². The van der Waals surface area contributed by atoms with Gasteiger partial charge in [0, 0.05) is 43.7 Å². The molecule has 156 valence electrons. The highest BCUT2D eigenvalue weighted by Gasteiger charge is 2.09. The third-order valence-corrected chi connectivity index (χ3v) is 4.01. The molecule has 2 amide bonds. The molecule has 0 saturated heterocycles. The summed E-state index contributed by atoms with van der Waals surface area (Å²) in [6.07, 6.45) is 0.740. The van der Waals surface area contributed by atoms with Gasteiger partial charge in [0.25, 0.3) is 11.8 Å². The highest BCUT2D eigenvalue weighted by atomic mass is 16.5. The standard InChI is InChI=1S/C22H28N2O5/c1-3-28-14-15-29-20-10-8-17(9-11-20)22(26)24-19-7-4-6-18(16-19)21(25)23-12-5-13-27-2/h4,6-11,16H,3,5,12-15H2,1-2H3,(H,23,25)(H,24,26). The molecule has 2 aromatic rings. The minimum absolute atomic E-state index is 0.189. The Hall–Kier alpha value is -2.90. The van der Waals surface area contributed by atoms with E-state index in [-0.39, 0.29) is 11.8 Å². The number of ether oxygens (including phenoxy) is 3. The number of methoxy groups -OCH3 is 1. The van der Waals surface area contributed by atoms with Gasteiger partial charge < -0.3 is 24.8 Å². The van der Waals surface area contributed by atoms with Crippen LogP contribution in [-0.4, -0.2) is 51.9 Å². The van der Waals surface area contributed by atoms with Gasteiger partial charge in [-0.25, -0.2) is 0 Å². The third kappa shape index (κ3) is 7.93. The van der Waals surface area contributed by atoms with Crippen LogP contribution in [-0.2, 0) is 9.47 Å². The van der Waals surface area contributed by atoms with E-state index in [1.54, 1.807) is 55.6 Å². The molecule has 2 N–H and O–H groups in total. The minimum Gasteiger partial charge on any atom is -0.491 e. The van der Waals surface area contributed by atoms with Crippen molar-refractivity contribution in [3.05, 3.63) is 59.7 Å². The molecule has 0 aromatic heterocycles. The van der Waals surface area contributed by atoms with Crippen molar-refractivity contribution in [3.8, 4) is 5.75 Å². The van der Waals surface area contributed by atoms with Gasteiger partial charge in [-0.05, 0) is 55.8 Å². The van der Waals surface area contributed by atoms with E-state index in [0.717, 1.165) is 6.42 Å². The lowest BCUT2D eigenvalue weighted by Crippen LogP contribution is -2.25. The van der Waals surface area contributed by atoms with Gasteiger partial charge in [0.05, 0.1) is 6.61 Å². The van der Waals surface area contributed by atoms with Gasteiger partial charge in [0.1, 0.15) is 12.4 Å². The first-order valence-electron chi connectivity index (χ1n) is 9.63. The SMILES string of the molecule is CCOCCOc1ccc(C(=O)Nc2cccc(C(=O)NCCCOC)c2)cc1. The second-order valence-corrected chi connectivity index (χ2v) is 6.21. The van der Waals surface area contributed by atoms with Crippen molar-refractivity contribution in [3.63, 3.8) is 0 Å². The smallest absolute Gasteiger partial charge is 0.255 e. The highest BCUT2D eigenvalue weighted by molar-refractivity contribution is 6.05. The van der Waals surface area contributed by atoms with E-state index in [1.807, 2.05) is 6.92 Å². The lowest BCUT2D eigenvalue weighted by atomic mass is 10.1. The molecule has 7 nitrogen and oxygen atoms in total. The van der Waals surface area contributed by atoms with Gasteiger partial charge in [-0.3, -0.25) is 9.59 Å². The van der Waals surface area contributed by atoms with Crippen molar-refractivity contribution in [1.29, 1.82) is 0 Å². The van der Waals surface area contributed by atoms with E-state index >= 15 is 0 Å². The summed E-state index contributed by atoms with van der Waals surface area (Å²) in [6.45, 7) is 4.68. The fourth-order valence-electron chi connectivity index (χ4n) is 2.53. The van der Waals surface area contributed by atoms with Crippen LogP contribution >= 0.6 is 0 Å². The number of carbonyl (C=O) groups is 2. The summed E-state index contributed by atoms with van der Waals surface area (Å²) in [5.74, 6) is 0.225. The minimum atomic E-state index is -0.261. The molecule has 0 saturated carbocycles. The second-order valence-electron chi connectivity index (χ2n) is 6.21. The van der Waals surface area contributed by atoms with E-state index in [9.17, 15) is 9.59 Å². The van der Waals surface area contributed by atoms with Gasteiger partial charge in [-0.15, -0.1) is 0 Å². The lowest BCUT2D eigenvalue weighted by Gasteiger charge is -2.09. The summed E-state index contributed by atoms with van der Waals surface area (Å²) in [4.78, 5) is 24.7. The molecule has 2 rings (SSSR count). The Morgan fingerprint density at radius 1 is 0.931 bits per heavy atom. The maximum absolute atomic E-state index is 12.5. The van der Waals surface area contributed by atoms with Crippen LogP contribution in [0.1, 0.15) is 34.1 Å². The maximum Gasteiger partial charge on any atom is 0.255 e. The first-order chi connectivity index (χ1) is 14.1. The normalized spacial score (nSPS) is 10.4. The van der Waals surface area contributed by atoms with E-state index in [4.69, 9.17) is 14.2 Å². The van der Waals surface area contributed by atoms with Gasteiger partial charge in [-0.2, -0.15) is 0 Å². The molecule has 0 unspecified atom stereocenters. The summed E-state index contributed by atoms with van der Waals surface area (Å²) < 4.78 is 15.7. The number of anilines is 1. The van der Waals surface area contributed by atoms with Gasteiger partial charge in [0.15, 0.2) is 0 Å². The topological polar surface area (TPSA) is 85.9 Å². The number of hydrogen-bond donors (Lipinski definition) is 2. The van der Waals surface area contributed by atoms with Gasteiger partial charge >= 0.3 is 0 Å². The molecule has 7 heteroatoms. The summed E-state index contributed by atoms with van der Waals surface area (Å²) >= 11 is 0. The van der Waals surface area contributed by atoms with Crippen molar-refractivity contribution in [2.75, 3.05) is 45.4 Å². The number of carbonyl (C=O) groups excluding carboxylic acids is 2. The molecule has 0 heterocycles. The number of benzene rings is 2. The Morgan fingerprint density at radius 2 is 1.72 bits per heavy atom. The predicted molar refractivity (Wildman–Crippen MR) is 112 cm³/mol. The second kappa shape index (κ2) is 12.5. The highest BCUT2D eigenvalue weighted by Crippen LogP contribution is 2.15. The summed E-state index contributed by atoms with van der Waals surface area (Å²) in [5.41, 5.74) is 1.53. The van der Waals surface area contributed by atoms with E-state index < -0.39 is 0 Å². The number of amides is 2. The molecule has 0 bridgehead atoms. The average molecular weight is 400 g/mol. The first-order valence-corrected chi connectivity index (χ1v) is 9.63. The molecule has 0 fully saturated rings. The maximum atomic E-state index is 12.5. The van der Waals surface area contributed by atoms with E-state index in [0.29, 0.717) is 55.5 Å². The van der Waals surface area contributed by atoms with Crippen LogP contribution < -0.4 is 15.4 Å². The average Bonchev–Trinajstić information content (AvgIpc) is 2.75. The predicted octanol–water partition coefficient (Wildman–Crippen LogP) is 3.12. The first kappa shape index (κ1) is 22.4. The Morgan fingerprint density at radius 3 is 2.45 bits per heavy atom. The molecule has 0 aliphatic heterocycles.